The van der Waals surface area contributed by atoms with Crippen LogP contribution in [-0.2, 0) is 4.79 Å². The number of carbonyl (C=O) groups is 2. The van der Waals surface area contributed by atoms with Crippen LogP contribution < -0.4 is 9.64 Å². The Kier molecular flexibility index (Phi) is 7.16. The molecule has 3 heterocycles. The summed E-state index contributed by atoms with van der Waals surface area (Å²) < 4.78 is 5.35. The van der Waals surface area contributed by atoms with Crippen molar-refractivity contribution in [1.82, 2.24) is 14.8 Å². The predicted octanol–water partition coefficient (Wildman–Crippen LogP) is 3.48. The Morgan fingerprint density at radius 3 is 2.39 bits per heavy atom. The molecular weight excluding hydrogens is 416 g/mol. The van der Waals surface area contributed by atoms with Crippen LogP contribution in [0.4, 0.5) is 5.69 Å². The van der Waals surface area contributed by atoms with E-state index < -0.39 is 0 Å². The minimum Gasteiger partial charge on any atom is -0.497 e. The summed E-state index contributed by atoms with van der Waals surface area (Å²) in [5.41, 5.74) is 3.67. The van der Waals surface area contributed by atoms with Crippen LogP contribution in [0.5, 0.6) is 5.75 Å². The number of piperidine rings is 1. The molecule has 4 rings (SSSR count). The lowest BCUT2D eigenvalue weighted by Crippen LogP contribution is -2.49. The van der Waals surface area contributed by atoms with Gasteiger partial charge in [0.25, 0.3) is 5.91 Å². The fourth-order valence-corrected chi connectivity index (χ4v) is 4.84. The highest BCUT2D eigenvalue weighted by atomic mass is 16.5. The van der Waals surface area contributed by atoms with Gasteiger partial charge >= 0.3 is 0 Å². The topological polar surface area (TPSA) is 66.0 Å². The van der Waals surface area contributed by atoms with Crippen LogP contribution in [0.25, 0.3) is 0 Å². The quantitative estimate of drug-likeness (QED) is 0.698. The molecule has 0 N–H and O–H groups in total. The van der Waals surface area contributed by atoms with Crippen molar-refractivity contribution in [1.29, 1.82) is 0 Å². The van der Waals surface area contributed by atoms with Crippen molar-refractivity contribution in [3.63, 3.8) is 0 Å². The van der Waals surface area contributed by atoms with E-state index in [1.807, 2.05) is 54.0 Å². The molecule has 176 valence electrons. The van der Waals surface area contributed by atoms with Gasteiger partial charge in [0.2, 0.25) is 5.91 Å². The second-order valence-corrected chi connectivity index (χ2v) is 8.87. The third-order valence-electron chi connectivity index (χ3n) is 6.82. The van der Waals surface area contributed by atoms with Crippen molar-refractivity contribution in [2.24, 2.45) is 0 Å². The third kappa shape index (κ3) is 5.13. The number of methoxy groups -OCH3 is 1. The van der Waals surface area contributed by atoms with Crippen LogP contribution in [0.1, 0.15) is 53.8 Å². The minimum absolute atomic E-state index is 0.0647. The molecular formula is C26H34N4O3. The van der Waals surface area contributed by atoms with Gasteiger partial charge in [0.1, 0.15) is 5.75 Å². The number of piperazine rings is 1. The van der Waals surface area contributed by atoms with Crippen LogP contribution in [0.15, 0.2) is 36.4 Å². The van der Waals surface area contributed by atoms with E-state index in [1.54, 1.807) is 7.11 Å². The number of hydrogen-bond acceptors (Lipinski definition) is 5. The van der Waals surface area contributed by atoms with Crippen molar-refractivity contribution >= 4 is 17.5 Å². The van der Waals surface area contributed by atoms with E-state index in [0.717, 1.165) is 67.4 Å². The summed E-state index contributed by atoms with van der Waals surface area (Å²) in [5, 5.41) is 0. The minimum atomic E-state index is 0.0647. The summed E-state index contributed by atoms with van der Waals surface area (Å²) in [6, 6.07) is 11.9. The number of carbonyl (C=O) groups excluding carboxylic acids is 2. The third-order valence-corrected chi connectivity index (χ3v) is 6.82. The number of anilines is 1. The van der Waals surface area contributed by atoms with E-state index in [0.29, 0.717) is 19.5 Å². The molecule has 2 aromatic rings. The van der Waals surface area contributed by atoms with E-state index >= 15 is 0 Å². The first kappa shape index (κ1) is 23.1. The van der Waals surface area contributed by atoms with Crippen LogP contribution in [-0.4, -0.2) is 73.0 Å². The van der Waals surface area contributed by atoms with Crippen LogP contribution >= 0.6 is 0 Å². The largest absolute Gasteiger partial charge is 0.497 e. The normalized spacial score (nSPS) is 17.2. The van der Waals surface area contributed by atoms with Gasteiger partial charge in [-0.05, 0) is 44.0 Å². The second-order valence-electron chi connectivity index (χ2n) is 8.87. The molecule has 2 fully saturated rings. The monoisotopic (exact) mass is 450 g/mol. The van der Waals surface area contributed by atoms with Gasteiger partial charge in [-0.25, -0.2) is 0 Å². The Morgan fingerprint density at radius 2 is 1.73 bits per heavy atom. The zero-order valence-electron chi connectivity index (χ0n) is 19.9. The van der Waals surface area contributed by atoms with Gasteiger partial charge in [-0.3, -0.25) is 14.6 Å². The number of pyridine rings is 1. The first-order valence-electron chi connectivity index (χ1n) is 11.9. The molecule has 7 nitrogen and oxygen atoms in total. The number of ether oxygens (including phenoxy) is 1. The van der Waals surface area contributed by atoms with Crippen LogP contribution in [0, 0.1) is 6.92 Å². The van der Waals surface area contributed by atoms with E-state index in [1.165, 1.54) is 0 Å². The maximum absolute atomic E-state index is 13.5. The lowest BCUT2D eigenvalue weighted by molar-refractivity contribution is -0.131. The molecule has 0 saturated carbocycles. The van der Waals surface area contributed by atoms with Crippen LogP contribution in [0.3, 0.4) is 0 Å². The number of aryl methyl sites for hydroxylation is 1. The van der Waals surface area contributed by atoms with E-state index in [-0.39, 0.29) is 17.7 Å². The lowest BCUT2D eigenvalue weighted by atomic mass is 9.89. The predicted molar refractivity (Wildman–Crippen MR) is 129 cm³/mol. The van der Waals surface area contributed by atoms with E-state index in [4.69, 9.17) is 9.72 Å². The van der Waals surface area contributed by atoms with Gasteiger partial charge in [-0.1, -0.05) is 13.0 Å². The second kappa shape index (κ2) is 10.2. The molecule has 0 atom stereocenters. The van der Waals surface area contributed by atoms with Gasteiger partial charge in [0, 0.05) is 69.1 Å². The number of rotatable bonds is 5. The highest BCUT2D eigenvalue weighted by Crippen LogP contribution is 2.31. The fourth-order valence-electron chi connectivity index (χ4n) is 4.84. The molecule has 2 aliphatic rings. The highest BCUT2D eigenvalue weighted by Gasteiger charge is 2.30. The first-order chi connectivity index (χ1) is 16.0. The maximum Gasteiger partial charge on any atom is 0.255 e. The number of hydrogen-bond donors (Lipinski definition) is 0. The molecule has 2 amide bonds. The van der Waals surface area contributed by atoms with Crippen molar-refractivity contribution in [3.8, 4) is 5.75 Å². The van der Waals surface area contributed by atoms with Gasteiger partial charge in [-0.2, -0.15) is 0 Å². The molecule has 2 saturated heterocycles. The zero-order valence-corrected chi connectivity index (χ0v) is 19.9. The van der Waals surface area contributed by atoms with Gasteiger partial charge < -0.3 is 19.4 Å². The summed E-state index contributed by atoms with van der Waals surface area (Å²) in [6.07, 6.45) is 2.25. The number of aromatic nitrogens is 1. The average molecular weight is 451 g/mol. The molecule has 7 heteroatoms. The number of benzene rings is 1. The molecule has 0 radical (unpaired) electrons. The Labute approximate surface area is 196 Å². The van der Waals surface area contributed by atoms with Gasteiger partial charge in [0.05, 0.1) is 18.4 Å². The highest BCUT2D eigenvalue weighted by molar-refractivity contribution is 5.95. The molecule has 1 aromatic carbocycles. The SMILES string of the molecule is CCC(=O)N1CCC(c2nc(C)ccc2C(=O)N2CCN(c3cccc(OC)c3)CC2)CC1. The molecule has 0 spiro atoms. The summed E-state index contributed by atoms with van der Waals surface area (Å²) in [6.45, 7) is 8.26. The Bertz CT molecular complexity index is 993. The van der Waals surface area contributed by atoms with Crippen molar-refractivity contribution in [2.75, 3.05) is 51.3 Å². The van der Waals surface area contributed by atoms with Crippen molar-refractivity contribution in [3.05, 3.63) is 53.3 Å². The molecule has 0 unspecified atom stereocenters. The summed E-state index contributed by atoms with van der Waals surface area (Å²) in [7, 11) is 1.68. The number of amides is 2. The first-order valence-corrected chi connectivity index (χ1v) is 11.9. The van der Waals surface area contributed by atoms with Crippen molar-refractivity contribution in [2.45, 2.75) is 39.0 Å². The Morgan fingerprint density at radius 1 is 1.00 bits per heavy atom. The molecule has 0 bridgehead atoms. The fraction of sp³-hybridized carbons (Fsp3) is 0.500. The smallest absolute Gasteiger partial charge is 0.255 e. The number of nitrogens with zero attached hydrogens (tertiary/aromatic N) is 4. The van der Waals surface area contributed by atoms with Crippen LogP contribution in [0.2, 0.25) is 0 Å². The molecule has 1 aromatic heterocycles. The molecule has 33 heavy (non-hydrogen) atoms. The van der Waals surface area contributed by atoms with Crippen molar-refractivity contribution < 1.29 is 14.3 Å². The molecule has 2 aliphatic heterocycles. The standard InChI is InChI=1S/C26H34N4O3/c1-4-24(31)29-12-10-20(11-13-29)25-23(9-8-19(2)27-25)26(32)30-16-14-28(15-17-30)21-6-5-7-22(18-21)33-3/h5-9,18,20H,4,10-17H2,1-3H3. The van der Waals surface area contributed by atoms with Gasteiger partial charge in [-0.15, -0.1) is 0 Å². The summed E-state index contributed by atoms with van der Waals surface area (Å²) in [5.74, 6) is 1.32. The Hall–Kier alpha value is -3.09. The van der Waals surface area contributed by atoms with Gasteiger partial charge in [0.15, 0.2) is 0 Å². The maximum atomic E-state index is 13.5. The van der Waals surface area contributed by atoms with E-state index in [9.17, 15) is 9.59 Å². The lowest BCUT2D eigenvalue weighted by Gasteiger charge is -2.37. The summed E-state index contributed by atoms with van der Waals surface area (Å²) in [4.78, 5) is 36.6. The van der Waals surface area contributed by atoms with E-state index in [2.05, 4.69) is 11.0 Å². The zero-order chi connectivity index (χ0) is 23.4. The number of likely N-dealkylation sites (tertiary alicyclic amines) is 1. The Balaban J connectivity index is 1.44. The summed E-state index contributed by atoms with van der Waals surface area (Å²) >= 11 is 0. The molecule has 0 aliphatic carbocycles. The average Bonchev–Trinajstić information content (AvgIpc) is 2.88.